The van der Waals surface area contributed by atoms with Gasteiger partial charge in [0.1, 0.15) is 0 Å². The van der Waals surface area contributed by atoms with Crippen molar-refractivity contribution in [2.45, 2.75) is 45.7 Å². The van der Waals surface area contributed by atoms with Crippen LogP contribution in [0.5, 0.6) is 0 Å². The van der Waals surface area contributed by atoms with Gasteiger partial charge in [0.25, 0.3) is 0 Å². The van der Waals surface area contributed by atoms with Gasteiger partial charge in [0.2, 0.25) is 5.91 Å². The molecule has 30 heavy (non-hydrogen) atoms. The van der Waals surface area contributed by atoms with Crippen LogP contribution in [0.25, 0.3) is 0 Å². The first-order valence-electron chi connectivity index (χ1n) is 10.7. The number of carbonyl (C=O) groups excluding carboxylic acids is 1. The molecule has 0 aliphatic carbocycles. The van der Waals surface area contributed by atoms with Gasteiger partial charge < -0.3 is 25.4 Å². The predicted octanol–water partition coefficient (Wildman–Crippen LogP) is 2.27. The fourth-order valence-corrected chi connectivity index (χ4v) is 3.99. The molecule has 7 nitrogen and oxygen atoms in total. The highest BCUT2D eigenvalue weighted by Crippen LogP contribution is 2.32. The third-order valence-electron chi connectivity index (χ3n) is 5.80. The number of ether oxygens (including phenoxy) is 1. The van der Waals surface area contributed by atoms with Crippen LogP contribution in [0.4, 0.5) is 0 Å². The minimum Gasteiger partial charge on any atom is -0.396 e. The molecule has 1 fully saturated rings. The summed E-state index contributed by atoms with van der Waals surface area (Å²) in [5.74, 6) is 0.965. The molecular weight excluding hydrogens is 495 g/mol. The minimum atomic E-state index is -0.0577. The first-order chi connectivity index (χ1) is 14.2. The zero-order valence-electron chi connectivity index (χ0n) is 17.9. The number of amides is 1. The SMILES string of the molecule is CCNC(=NCC1(CCO)CCOC1)NCCCC(=O)N1Cc2ccccc2C1.I. The summed E-state index contributed by atoms with van der Waals surface area (Å²) < 4.78 is 5.54. The summed E-state index contributed by atoms with van der Waals surface area (Å²) in [6, 6.07) is 8.26. The molecule has 1 saturated heterocycles. The van der Waals surface area contributed by atoms with Gasteiger partial charge in [-0.25, -0.2) is 0 Å². The van der Waals surface area contributed by atoms with Crippen molar-refractivity contribution in [1.29, 1.82) is 0 Å². The van der Waals surface area contributed by atoms with E-state index < -0.39 is 0 Å². The van der Waals surface area contributed by atoms with E-state index in [1.807, 2.05) is 24.0 Å². The summed E-state index contributed by atoms with van der Waals surface area (Å²) in [5, 5.41) is 16.0. The molecule has 0 spiro atoms. The Bertz CT molecular complexity index is 682. The molecule has 168 valence electrons. The van der Waals surface area contributed by atoms with Gasteiger partial charge in [-0.05, 0) is 37.3 Å². The highest BCUT2D eigenvalue weighted by atomic mass is 127. The normalized spacial score (nSPS) is 20.6. The number of benzene rings is 1. The Morgan fingerprint density at radius 2 is 2.00 bits per heavy atom. The molecule has 1 amide bonds. The fourth-order valence-electron chi connectivity index (χ4n) is 3.99. The Labute approximate surface area is 196 Å². The highest BCUT2D eigenvalue weighted by Gasteiger charge is 2.34. The van der Waals surface area contributed by atoms with Gasteiger partial charge in [-0.15, -0.1) is 24.0 Å². The number of nitrogens with zero attached hydrogens (tertiary/aromatic N) is 2. The van der Waals surface area contributed by atoms with E-state index in [1.165, 1.54) is 11.1 Å². The lowest BCUT2D eigenvalue weighted by molar-refractivity contribution is -0.131. The molecule has 0 bridgehead atoms. The average molecular weight is 530 g/mol. The second-order valence-corrected chi connectivity index (χ2v) is 8.02. The van der Waals surface area contributed by atoms with E-state index in [0.29, 0.717) is 32.5 Å². The molecule has 0 saturated carbocycles. The van der Waals surface area contributed by atoms with E-state index in [9.17, 15) is 9.90 Å². The second-order valence-electron chi connectivity index (χ2n) is 8.02. The number of rotatable bonds is 9. The molecule has 0 aromatic heterocycles. The van der Waals surface area contributed by atoms with Crippen LogP contribution in [0.2, 0.25) is 0 Å². The number of hydrogen-bond acceptors (Lipinski definition) is 4. The number of halogens is 1. The lowest BCUT2D eigenvalue weighted by Crippen LogP contribution is -2.39. The van der Waals surface area contributed by atoms with Crippen LogP contribution < -0.4 is 10.6 Å². The molecule has 3 rings (SSSR count). The van der Waals surface area contributed by atoms with Crippen molar-refractivity contribution in [2.24, 2.45) is 10.4 Å². The molecule has 1 unspecified atom stereocenters. The molecule has 1 atom stereocenters. The van der Waals surface area contributed by atoms with Crippen molar-refractivity contribution in [2.75, 3.05) is 39.5 Å². The van der Waals surface area contributed by atoms with Crippen LogP contribution in [0.1, 0.15) is 43.7 Å². The van der Waals surface area contributed by atoms with Gasteiger partial charge in [-0.2, -0.15) is 0 Å². The van der Waals surface area contributed by atoms with E-state index in [0.717, 1.165) is 45.0 Å². The van der Waals surface area contributed by atoms with Crippen molar-refractivity contribution in [3.63, 3.8) is 0 Å². The van der Waals surface area contributed by atoms with E-state index >= 15 is 0 Å². The molecule has 1 aromatic rings. The first-order valence-corrected chi connectivity index (χ1v) is 10.7. The Kier molecular flexibility index (Phi) is 10.3. The minimum absolute atomic E-state index is 0. The van der Waals surface area contributed by atoms with E-state index in [4.69, 9.17) is 9.73 Å². The van der Waals surface area contributed by atoms with Crippen LogP contribution in [-0.2, 0) is 22.6 Å². The molecule has 3 N–H and O–H groups in total. The zero-order valence-corrected chi connectivity index (χ0v) is 20.2. The van der Waals surface area contributed by atoms with Crippen molar-refractivity contribution >= 4 is 35.8 Å². The van der Waals surface area contributed by atoms with Gasteiger partial charge in [0.05, 0.1) is 13.2 Å². The maximum absolute atomic E-state index is 12.5. The van der Waals surface area contributed by atoms with Gasteiger partial charge in [0.15, 0.2) is 5.96 Å². The van der Waals surface area contributed by atoms with Gasteiger partial charge in [0, 0.05) is 51.2 Å². The summed E-state index contributed by atoms with van der Waals surface area (Å²) in [6.45, 7) is 7.14. The topological polar surface area (TPSA) is 86.2 Å². The molecule has 1 aromatic carbocycles. The zero-order chi connectivity index (χ0) is 20.5. The van der Waals surface area contributed by atoms with E-state index in [-0.39, 0.29) is 41.9 Å². The average Bonchev–Trinajstić information content (AvgIpc) is 3.37. The summed E-state index contributed by atoms with van der Waals surface area (Å²) in [4.78, 5) is 19.2. The molecule has 0 radical (unpaired) electrons. The smallest absolute Gasteiger partial charge is 0.223 e. The molecule has 2 aliphatic rings. The number of carbonyl (C=O) groups is 1. The molecule has 2 heterocycles. The van der Waals surface area contributed by atoms with Crippen LogP contribution in [0.15, 0.2) is 29.3 Å². The first kappa shape index (κ1) is 24.9. The number of aliphatic hydroxyl groups excluding tert-OH is 1. The number of aliphatic imine (C=N–C) groups is 1. The Balaban J connectivity index is 0.00000320. The summed E-state index contributed by atoms with van der Waals surface area (Å²) in [5.41, 5.74) is 2.46. The quantitative estimate of drug-likeness (QED) is 0.198. The van der Waals surface area contributed by atoms with Crippen molar-refractivity contribution in [3.05, 3.63) is 35.4 Å². The largest absolute Gasteiger partial charge is 0.396 e. The van der Waals surface area contributed by atoms with Gasteiger partial charge >= 0.3 is 0 Å². The predicted molar refractivity (Wildman–Crippen MR) is 129 cm³/mol. The van der Waals surface area contributed by atoms with Gasteiger partial charge in [-0.1, -0.05) is 24.3 Å². The number of guanidine groups is 1. The monoisotopic (exact) mass is 530 g/mol. The Morgan fingerprint density at radius 3 is 2.60 bits per heavy atom. The van der Waals surface area contributed by atoms with Crippen LogP contribution >= 0.6 is 24.0 Å². The summed E-state index contributed by atoms with van der Waals surface area (Å²) >= 11 is 0. The van der Waals surface area contributed by atoms with Crippen molar-refractivity contribution < 1.29 is 14.6 Å². The standard InChI is InChI=1S/C22H34N4O3.HI/c1-2-23-21(25-16-22(9-12-27)10-13-29-17-22)24-11-5-8-20(28)26-14-18-6-3-4-7-19(18)15-26;/h3-4,6-7,27H,2,5,8-17H2,1H3,(H2,23,24,25);1H. The second kappa shape index (κ2) is 12.5. The fraction of sp³-hybridized carbons (Fsp3) is 0.636. The lowest BCUT2D eigenvalue weighted by Gasteiger charge is -2.24. The number of fused-ring (bicyclic) bond motifs is 1. The maximum Gasteiger partial charge on any atom is 0.223 e. The Morgan fingerprint density at radius 1 is 1.27 bits per heavy atom. The third-order valence-corrected chi connectivity index (χ3v) is 5.80. The Hall–Kier alpha value is -1.39. The van der Waals surface area contributed by atoms with Crippen molar-refractivity contribution in [3.8, 4) is 0 Å². The van der Waals surface area contributed by atoms with E-state index in [2.05, 4.69) is 22.8 Å². The number of nitrogens with one attached hydrogen (secondary N) is 2. The van der Waals surface area contributed by atoms with Crippen molar-refractivity contribution in [1.82, 2.24) is 15.5 Å². The highest BCUT2D eigenvalue weighted by molar-refractivity contribution is 14.0. The number of aliphatic hydroxyl groups is 1. The summed E-state index contributed by atoms with van der Waals surface area (Å²) in [7, 11) is 0. The molecule has 8 heteroatoms. The number of hydrogen-bond donors (Lipinski definition) is 3. The van der Waals surface area contributed by atoms with Crippen LogP contribution in [0, 0.1) is 5.41 Å². The van der Waals surface area contributed by atoms with Crippen LogP contribution in [-0.4, -0.2) is 61.3 Å². The van der Waals surface area contributed by atoms with Crippen LogP contribution in [0.3, 0.4) is 0 Å². The molecular formula is C22H35IN4O3. The van der Waals surface area contributed by atoms with E-state index in [1.54, 1.807) is 0 Å². The summed E-state index contributed by atoms with van der Waals surface area (Å²) in [6.07, 6.45) is 2.94. The lowest BCUT2D eigenvalue weighted by atomic mass is 9.84. The third kappa shape index (κ3) is 6.81. The maximum atomic E-state index is 12.5. The van der Waals surface area contributed by atoms with Gasteiger partial charge in [-0.3, -0.25) is 9.79 Å². The molecule has 2 aliphatic heterocycles.